The Labute approximate surface area is 134 Å². The summed E-state index contributed by atoms with van der Waals surface area (Å²) in [4.78, 5) is 23.9. The fourth-order valence-corrected chi connectivity index (χ4v) is 2.67. The second-order valence-electron chi connectivity index (χ2n) is 5.49. The number of para-hydroxylation sites is 1. The highest BCUT2D eigenvalue weighted by molar-refractivity contribution is 5.86. The van der Waals surface area contributed by atoms with Gasteiger partial charge < -0.3 is 19.1 Å². The summed E-state index contributed by atoms with van der Waals surface area (Å²) in [5.74, 6) is -0.0611. The number of hydrogen-bond donors (Lipinski definition) is 1. The van der Waals surface area contributed by atoms with Crippen molar-refractivity contribution in [2.75, 3.05) is 7.11 Å². The van der Waals surface area contributed by atoms with E-state index in [1.54, 1.807) is 7.05 Å². The fraction of sp³-hybridized carbons (Fsp3) is 0.412. The van der Waals surface area contributed by atoms with Crippen molar-refractivity contribution in [1.82, 2.24) is 4.57 Å². The van der Waals surface area contributed by atoms with Gasteiger partial charge in [-0.3, -0.25) is 9.59 Å². The molecule has 0 saturated heterocycles. The molecule has 0 fully saturated rings. The minimum Gasteiger partial charge on any atom is -0.496 e. The van der Waals surface area contributed by atoms with Crippen LogP contribution < -0.4 is 10.3 Å². The number of aliphatic hydroxyl groups is 1. The van der Waals surface area contributed by atoms with Gasteiger partial charge in [-0.2, -0.15) is 0 Å². The molecule has 2 atom stereocenters. The molecule has 0 aliphatic heterocycles. The van der Waals surface area contributed by atoms with Gasteiger partial charge in [0.15, 0.2) is 0 Å². The van der Waals surface area contributed by atoms with E-state index in [0.717, 1.165) is 10.9 Å². The number of pyridine rings is 1. The van der Waals surface area contributed by atoms with E-state index in [4.69, 9.17) is 9.47 Å². The number of benzene rings is 1. The number of fused-ring (bicyclic) bond motifs is 1. The quantitative estimate of drug-likeness (QED) is 0.843. The van der Waals surface area contributed by atoms with E-state index in [2.05, 4.69) is 0 Å². The van der Waals surface area contributed by atoms with Crippen molar-refractivity contribution in [3.8, 4) is 5.75 Å². The number of hydrogen-bond acceptors (Lipinski definition) is 5. The lowest BCUT2D eigenvalue weighted by atomic mass is 10.0. The second kappa shape index (κ2) is 6.83. The molecule has 2 aromatic rings. The van der Waals surface area contributed by atoms with Crippen LogP contribution in [0.1, 0.15) is 19.4 Å². The maximum absolute atomic E-state index is 12.7. The van der Waals surface area contributed by atoms with E-state index in [-0.39, 0.29) is 12.0 Å². The first-order chi connectivity index (χ1) is 10.9. The smallest absolute Gasteiger partial charge is 0.303 e. The Kier molecular flexibility index (Phi) is 5.05. The Morgan fingerprint density at radius 3 is 2.57 bits per heavy atom. The van der Waals surface area contributed by atoms with E-state index < -0.39 is 18.2 Å². The van der Waals surface area contributed by atoms with Gasteiger partial charge in [0.25, 0.3) is 5.56 Å². The monoisotopic (exact) mass is 319 g/mol. The first-order valence-electron chi connectivity index (χ1n) is 7.36. The summed E-state index contributed by atoms with van der Waals surface area (Å²) in [6.07, 6.45) is -1.63. The molecule has 1 heterocycles. The molecule has 6 heteroatoms. The molecular weight excluding hydrogens is 298 g/mol. The summed E-state index contributed by atoms with van der Waals surface area (Å²) < 4.78 is 12.1. The lowest BCUT2D eigenvalue weighted by Gasteiger charge is -2.22. The van der Waals surface area contributed by atoms with Crippen LogP contribution in [0, 0.1) is 0 Å². The Morgan fingerprint density at radius 2 is 2.00 bits per heavy atom. The lowest BCUT2D eigenvalue weighted by Crippen LogP contribution is -2.34. The standard InChI is InChI=1S/C17H21NO5/c1-10(19)15(23-11(2)20)9-13-16(22-4)12-7-5-6-8-14(12)18(3)17(13)21/h5-8,10,15,19H,9H2,1-4H3/t10?,15-/m0/s1. The van der Waals surface area contributed by atoms with Crippen LogP contribution in [0.3, 0.4) is 0 Å². The number of rotatable bonds is 5. The highest BCUT2D eigenvalue weighted by atomic mass is 16.6. The molecule has 0 bridgehead atoms. The molecule has 2 rings (SSSR count). The van der Waals surface area contributed by atoms with Crippen LogP contribution in [-0.2, 0) is 23.0 Å². The summed E-state index contributed by atoms with van der Waals surface area (Å²) in [6.45, 7) is 2.79. The number of esters is 1. The van der Waals surface area contributed by atoms with E-state index in [9.17, 15) is 14.7 Å². The van der Waals surface area contributed by atoms with Gasteiger partial charge in [0.05, 0.1) is 24.3 Å². The van der Waals surface area contributed by atoms with Gasteiger partial charge in [-0.25, -0.2) is 0 Å². The Hall–Kier alpha value is -2.34. The minimum atomic E-state index is -0.903. The zero-order valence-corrected chi connectivity index (χ0v) is 13.7. The maximum atomic E-state index is 12.7. The topological polar surface area (TPSA) is 77.8 Å². The summed E-state index contributed by atoms with van der Waals surface area (Å²) in [7, 11) is 3.17. The molecule has 6 nitrogen and oxygen atoms in total. The number of carbonyl (C=O) groups is 1. The summed E-state index contributed by atoms with van der Waals surface area (Å²) in [5, 5.41) is 10.6. The van der Waals surface area contributed by atoms with Crippen LogP contribution in [0.4, 0.5) is 0 Å². The molecule has 0 spiro atoms. The number of aryl methyl sites for hydroxylation is 1. The van der Waals surface area contributed by atoms with Crippen LogP contribution in [0.15, 0.2) is 29.1 Å². The molecule has 124 valence electrons. The number of carbonyl (C=O) groups excluding carboxylic acids is 1. The fourth-order valence-electron chi connectivity index (χ4n) is 2.67. The highest BCUT2D eigenvalue weighted by Gasteiger charge is 2.24. The lowest BCUT2D eigenvalue weighted by molar-refractivity contribution is -0.151. The van der Waals surface area contributed by atoms with Crippen LogP contribution in [0.2, 0.25) is 0 Å². The largest absolute Gasteiger partial charge is 0.496 e. The minimum absolute atomic E-state index is 0.0813. The predicted octanol–water partition coefficient (Wildman–Crippen LogP) is 1.40. The number of aliphatic hydroxyl groups excluding tert-OH is 1. The van der Waals surface area contributed by atoms with Crippen LogP contribution >= 0.6 is 0 Å². The first-order valence-corrected chi connectivity index (χ1v) is 7.36. The van der Waals surface area contributed by atoms with Gasteiger partial charge in [-0.05, 0) is 19.1 Å². The van der Waals surface area contributed by atoms with Crippen LogP contribution in [0.25, 0.3) is 10.9 Å². The summed E-state index contributed by atoms with van der Waals surface area (Å²) in [6, 6.07) is 7.40. The number of methoxy groups -OCH3 is 1. The maximum Gasteiger partial charge on any atom is 0.303 e. The first kappa shape index (κ1) is 17.0. The predicted molar refractivity (Wildman–Crippen MR) is 86.7 cm³/mol. The van der Waals surface area contributed by atoms with Crippen molar-refractivity contribution in [1.29, 1.82) is 0 Å². The number of ether oxygens (including phenoxy) is 2. The van der Waals surface area contributed by atoms with Gasteiger partial charge in [0.1, 0.15) is 11.9 Å². The van der Waals surface area contributed by atoms with E-state index in [0.29, 0.717) is 11.3 Å². The zero-order valence-electron chi connectivity index (χ0n) is 13.7. The Morgan fingerprint density at radius 1 is 1.35 bits per heavy atom. The molecule has 1 aromatic carbocycles. The van der Waals surface area contributed by atoms with Crippen LogP contribution in [-0.4, -0.2) is 35.0 Å². The Bertz CT molecular complexity index is 778. The number of nitrogens with zero attached hydrogens (tertiary/aromatic N) is 1. The molecule has 1 aromatic heterocycles. The van der Waals surface area contributed by atoms with Crippen molar-refractivity contribution in [3.63, 3.8) is 0 Å². The second-order valence-corrected chi connectivity index (χ2v) is 5.49. The molecule has 0 amide bonds. The van der Waals surface area contributed by atoms with Gasteiger partial charge in [-0.15, -0.1) is 0 Å². The molecule has 0 saturated carbocycles. The third-order valence-electron chi connectivity index (χ3n) is 3.81. The van der Waals surface area contributed by atoms with Gasteiger partial charge >= 0.3 is 5.97 Å². The van der Waals surface area contributed by atoms with Crippen molar-refractivity contribution < 1.29 is 19.4 Å². The van der Waals surface area contributed by atoms with Gasteiger partial charge in [0.2, 0.25) is 0 Å². The Balaban J connectivity index is 2.61. The molecule has 23 heavy (non-hydrogen) atoms. The SMILES string of the molecule is COc1c(C[C@H](OC(C)=O)C(C)O)c(=O)n(C)c2ccccc12. The van der Waals surface area contributed by atoms with Crippen molar-refractivity contribution in [2.24, 2.45) is 7.05 Å². The van der Waals surface area contributed by atoms with Gasteiger partial charge in [-0.1, -0.05) is 12.1 Å². The number of aromatic nitrogens is 1. The molecular formula is C17H21NO5. The van der Waals surface area contributed by atoms with Gasteiger partial charge in [0, 0.05) is 25.8 Å². The van der Waals surface area contributed by atoms with Crippen molar-refractivity contribution in [3.05, 3.63) is 40.2 Å². The molecule has 0 aliphatic carbocycles. The average Bonchev–Trinajstić information content (AvgIpc) is 2.51. The third-order valence-corrected chi connectivity index (χ3v) is 3.81. The van der Waals surface area contributed by atoms with Crippen molar-refractivity contribution >= 4 is 16.9 Å². The van der Waals surface area contributed by atoms with E-state index in [1.165, 1.54) is 25.5 Å². The zero-order chi connectivity index (χ0) is 17.1. The molecule has 0 radical (unpaired) electrons. The third kappa shape index (κ3) is 3.37. The summed E-state index contributed by atoms with van der Waals surface area (Å²) in [5.41, 5.74) is 0.887. The normalized spacial score (nSPS) is 13.6. The average molecular weight is 319 g/mol. The van der Waals surface area contributed by atoms with Crippen LogP contribution in [0.5, 0.6) is 5.75 Å². The van der Waals surface area contributed by atoms with E-state index >= 15 is 0 Å². The highest BCUT2D eigenvalue weighted by Crippen LogP contribution is 2.28. The van der Waals surface area contributed by atoms with E-state index in [1.807, 2.05) is 24.3 Å². The van der Waals surface area contributed by atoms with Crippen molar-refractivity contribution in [2.45, 2.75) is 32.5 Å². The molecule has 1 unspecified atom stereocenters. The molecule has 1 N–H and O–H groups in total. The molecule has 0 aliphatic rings. The summed E-state index contributed by atoms with van der Waals surface area (Å²) >= 11 is 0.